The molecular weight excluding hydrogens is 190 g/mol. The summed E-state index contributed by atoms with van der Waals surface area (Å²) < 4.78 is 10.8. The minimum Gasteiger partial charge on any atom is -0.496 e. The predicted molar refractivity (Wildman–Crippen MR) is 59.8 cm³/mol. The van der Waals surface area contributed by atoms with Gasteiger partial charge in [-0.25, -0.2) is 0 Å². The van der Waals surface area contributed by atoms with E-state index in [0.29, 0.717) is 5.69 Å². The molecule has 0 fully saturated rings. The number of rotatable bonds is 2. The minimum atomic E-state index is 0.680. The van der Waals surface area contributed by atoms with Crippen molar-refractivity contribution >= 4 is 5.69 Å². The van der Waals surface area contributed by atoms with E-state index in [9.17, 15) is 0 Å². The fourth-order valence-corrected chi connectivity index (χ4v) is 1.49. The van der Waals surface area contributed by atoms with Gasteiger partial charge in [0.2, 0.25) is 0 Å². The molecular formula is C12H13NO2. The number of methoxy groups -OCH3 is 1. The summed E-state index contributed by atoms with van der Waals surface area (Å²) in [6, 6.07) is 9.35. The molecule has 3 nitrogen and oxygen atoms in total. The lowest BCUT2D eigenvalue weighted by Crippen LogP contribution is -1.90. The second-order valence-electron chi connectivity index (χ2n) is 3.37. The Morgan fingerprint density at radius 3 is 2.60 bits per heavy atom. The van der Waals surface area contributed by atoms with E-state index in [1.165, 1.54) is 0 Å². The van der Waals surface area contributed by atoms with Crippen molar-refractivity contribution in [2.75, 3.05) is 12.8 Å². The molecule has 0 aliphatic heterocycles. The number of furan rings is 1. The first-order valence-electron chi connectivity index (χ1n) is 4.71. The van der Waals surface area contributed by atoms with Gasteiger partial charge in [0.25, 0.3) is 0 Å². The Bertz CT molecular complexity index is 474. The molecule has 0 atom stereocenters. The van der Waals surface area contributed by atoms with Crippen molar-refractivity contribution < 1.29 is 9.15 Å². The summed E-state index contributed by atoms with van der Waals surface area (Å²) in [6.45, 7) is 1.91. The van der Waals surface area contributed by atoms with Crippen LogP contribution in [0.2, 0.25) is 0 Å². The summed E-state index contributed by atoms with van der Waals surface area (Å²) in [5.74, 6) is 2.40. The maximum Gasteiger partial charge on any atom is 0.137 e. The number of aryl methyl sites for hydroxylation is 1. The van der Waals surface area contributed by atoms with Crippen LogP contribution in [0.3, 0.4) is 0 Å². The highest BCUT2D eigenvalue weighted by molar-refractivity contribution is 5.69. The zero-order chi connectivity index (χ0) is 10.8. The molecule has 1 aromatic carbocycles. The van der Waals surface area contributed by atoms with Gasteiger partial charge in [-0.3, -0.25) is 0 Å². The van der Waals surface area contributed by atoms with E-state index in [1.54, 1.807) is 13.2 Å². The molecule has 0 aliphatic rings. The Morgan fingerprint density at radius 2 is 2.00 bits per heavy atom. The van der Waals surface area contributed by atoms with E-state index in [-0.39, 0.29) is 0 Å². The molecule has 0 spiro atoms. The highest BCUT2D eigenvalue weighted by Crippen LogP contribution is 2.32. The Balaban J connectivity index is 2.52. The standard InChI is InChI=1S/C12H13NO2/c1-8-3-6-11(15-8)10-5-4-9(13)7-12(10)14-2/h3-7H,13H2,1-2H3. The highest BCUT2D eigenvalue weighted by atomic mass is 16.5. The van der Waals surface area contributed by atoms with Gasteiger partial charge in [-0.05, 0) is 31.2 Å². The van der Waals surface area contributed by atoms with Crippen molar-refractivity contribution in [3.63, 3.8) is 0 Å². The van der Waals surface area contributed by atoms with Crippen LogP contribution in [-0.4, -0.2) is 7.11 Å². The molecule has 0 radical (unpaired) electrons. The van der Waals surface area contributed by atoms with Crippen LogP contribution in [0.1, 0.15) is 5.76 Å². The topological polar surface area (TPSA) is 48.4 Å². The molecule has 0 unspecified atom stereocenters. The molecule has 0 bridgehead atoms. The molecule has 78 valence electrons. The predicted octanol–water partition coefficient (Wildman–Crippen LogP) is 2.85. The first-order chi connectivity index (χ1) is 7.20. The molecule has 0 aliphatic carbocycles. The molecule has 15 heavy (non-hydrogen) atoms. The van der Waals surface area contributed by atoms with Gasteiger partial charge in [-0.2, -0.15) is 0 Å². The second kappa shape index (κ2) is 3.69. The van der Waals surface area contributed by atoms with Gasteiger partial charge in [0.05, 0.1) is 12.7 Å². The lowest BCUT2D eigenvalue weighted by Gasteiger charge is -2.06. The molecule has 2 rings (SSSR count). The fraction of sp³-hybridized carbons (Fsp3) is 0.167. The average Bonchev–Trinajstić information content (AvgIpc) is 2.64. The molecule has 0 saturated carbocycles. The van der Waals surface area contributed by atoms with Gasteiger partial charge in [0, 0.05) is 11.8 Å². The van der Waals surface area contributed by atoms with Gasteiger partial charge in [0.1, 0.15) is 17.3 Å². The van der Waals surface area contributed by atoms with Crippen LogP contribution < -0.4 is 10.5 Å². The van der Waals surface area contributed by atoms with Crippen LogP contribution in [0.15, 0.2) is 34.7 Å². The van der Waals surface area contributed by atoms with Crippen LogP contribution in [0.4, 0.5) is 5.69 Å². The normalized spacial score (nSPS) is 10.3. The Hall–Kier alpha value is -1.90. The molecule has 0 saturated heterocycles. The summed E-state index contributed by atoms with van der Waals surface area (Å²) in [4.78, 5) is 0. The number of ether oxygens (including phenoxy) is 1. The number of benzene rings is 1. The molecule has 3 heteroatoms. The highest BCUT2D eigenvalue weighted by Gasteiger charge is 2.09. The Morgan fingerprint density at radius 1 is 1.20 bits per heavy atom. The average molecular weight is 203 g/mol. The van der Waals surface area contributed by atoms with Gasteiger partial charge in [-0.15, -0.1) is 0 Å². The van der Waals surface area contributed by atoms with Crippen LogP contribution in [0.5, 0.6) is 5.75 Å². The Labute approximate surface area is 88.5 Å². The smallest absolute Gasteiger partial charge is 0.137 e. The first-order valence-corrected chi connectivity index (χ1v) is 4.71. The maximum absolute atomic E-state index is 5.68. The third-order valence-electron chi connectivity index (χ3n) is 2.23. The zero-order valence-corrected chi connectivity index (χ0v) is 8.78. The van der Waals surface area contributed by atoms with E-state index in [4.69, 9.17) is 14.9 Å². The van der Waals surface area contributed by atoms with Crippen molar-refractivity contribution in [2.45, 2.75) is 6.92 Å². The van der Waals surface area contributed by atoms with Crippen LogP contribution in [-0.2, 0) is 0 Å². The lowest BCUT2D eigenvalue weighted by atomic mass is 10.1. The zero-order valence-electron chi connectivity index (χ0n) is 8.78. The fourth-order valence-electron chi connectivity index (χ4n) is 1.49. The second-order valence-corrected chi connectivity index (χ2v) is 3.37. The largest absolute Gasteiger partial charge is 0.496 e. The summed E-state index contributed by atoms with van der Waals surface area (Å²) >= 11 is 0. The first kappa shape index (κ1) is 9.65. The summed E-state index contributed by atoms with van der Waals surface area (Å²) in [5.41, 5.74) is 7.27. The molecule has 2 aromatic rings. The number of anilines is 1. The maximum atomic E-state index is 5.68. The van der Waals surface area contributed by atoms with E-state index in [2.05, 4.69) is 0 Å². The van der Waals surface area contributed by atoms with Crippen molar-refractivity contribution in [1.29, 1.82) is 0 Å². The van der Waals surface area contributed by atoms with Crippen molar-refractivity contribution in [3.8, 4) is 17.1 Å². The molecule has 0 amide bonds. The van der Waals surface area contributed by atoms with Crippen molar-refractivity contribution in [3.05, 3.63) is 36.1 Å². The van der Waals surface area contributed by atoms with E-state index in [1.807, 2.05) is 31.2 Å². The van der Waals surface area contributed by atoms with Crippen LogP contribution in [0, 0.1) is 6.92 Å². The monoisotopic (exact) mass is 203 g/mol. The van der Waals surface area contributed by atoms with Crippen LogP contribution >= 0.6 is 0 Å². The number of nitrogen functional groups attached to an aromatic ring is 1. The third kappa shape index (κ3) is 1.81. The van der Waals surface area contributed by atoms with Gasteiger partial charge >= 0.3 is 0 Å². The minimum absolute atomic E-state index is 0.680. The lowest BCUT2D eigenvalue weighted by molar-refractivity contribution is 0.414. The van der Waals surface area contributed by atoms with Gasteiger partial charge < -0.3 is 14.9 Å². The van der Waals surface area contributed by atoms with Gasteiger partial charge in [-0.1, -0.05) is 0 Å². The summed E-state index contributed by atoms with van der Waals surface area (Å²) in [6.07, 6.45) is 0. The van der Waals surface area contributed by atoms with E-state index < -0.39 is 0 Å². The van der Waals surface area contributed by atoms with Crippen molar-refractivity contribution in [2.24, 2.45) is 0 Å². The van der Waals surface area contributed by atoms with Crippen molar-refractivity contribution in [1.82, 2.24) is 0 Å². The SMILES string of the molecule is COc1cc(N)ccc1-c1ccc(C)o1. The number of hydrogen-bond donors (Lipinski definition) is 1. The molecule has 2 N–H and O–H groups in total. The summed E-state index contributed by atoms with van der Waals surface area (Å²) in [7, 11) is 1.62. The number of nitrogens with two attached hydrogens (primary N) is 1. The Kier molecular flexibility index (Phi) is 2.37. The third-order valence-corrected chi connectivity index (χ3v) is 2.23. The quantitative estimate of drug-likeness (QED) is 0.763. The number of hydrogen-bond acceptors (Lipinski definition) is 3. The molecule has 1 aromatic heterocycles. The molecule has 1 heterocycles. The summed E-state index contributed by atoms with van der Waals surface area (Å²) in [5, 5.41) is 0. The van der Waals surface area contributed by atoms with E-state index >= 15 is 0 Å². The van der Waals surface area contributed by atoms with E-state index in [0.717, 1.165) is 22.8 Å². The van der Waals surface area contributed by atoms with Gasteiger partial charge in [0.15, 0.2) is 0 Å². The van der Waals surface area contributed by atoms with Crippen LogP contribution in [0.25, 0.3) is 11.3 Å².